The number of carbonyl (C=O) groups is 1. The lowest BCUT2D eigenvalue weighted by molar-refractivity contribution is 0.169. The molecular formula is C23H29N3O4. The molecule has 2 aromatic heterocycles. The van der Waals surface area contributed by atoms with Crippen LogP contribution in [0.2, 0.25) is 0 Å². The molecule has 160 valence electrons. The van der Waals surface area contributed by atoms with Gasteiger partial charge in [0.15, 0.2) is 0 Å². The largest absolute Gasteiger partial charge is 0.467 e. The second-order valence-corrected chi connectivity index (χ2v) is 7.72. The van der Waals surface area contributed by atoms with Crippen LogP contribution in [-0.2, 0) is 17.8 Å². The van der Waals surface area contributed by atoms with Gasteiger partial charge in [0.1, 0.15) is 5.76 Å². The van der Waals surface area contributed by atoms with Gasteiger partial charge >= 0.3 is 6.03 Å². The van der Waals surface area contributed by atoms with Crippen LogP contribution >= 0.6 is 0 Å². The van der Waals surface area contributed by atoms with E-state index in [-0.39, 0.29) is 11.6 Å². The van der Waals surface area contributed by atoms with E-state index in [9.17, 15) is 9.59 Å². The van der Waals surface area contributed by atoms with E-state index in [0.29, 0.717) is 55.4 Å². The minimum atomic E-state index is -0.248. The van der Waals surface area contributed by atoms with Crippen molar-refractivity contribution in [1.82, 2.24) is 9.47 Å². The van der Waals surface area contributed by atoms with Crippen molar-refractivity contribution in [2.45, 2.75) is 33.4 Å². The van der Waals surface area contributed by atoms with Gasteiger partial charge in [-0.3, -0.25) is 4.79 Å². The number of urea groups is 1. The SMILES string of the molecule is COCCCN(Cc1ccco1)C(=O)Nc1cn(CC(C)C)c(=O)c2ccccc12. The number of ether oxygens (including phenoxy) is 1. The summed E-state index contributed by atoms with van der Waals surface area (Å²) < 4.78 is 12.2. The summed E-state index contributed by atoms with van der Waals surface area (Å²) in [7, 11) is 1.64. The highest BCUT2D eigenvalue weighted by molar-refractivity contribution is 6.00. The number of furan rings is 1. The first-order valence-corrected chi connectivity index (χ1v) is 10.2. The van der Waals surface area contributed by atoms with Gasteiger partial charge in [0.25, 0.3) is 5.56 Å². The van der Waals surface area contributed by atoms with E-state index < -0.39 is 0 Å². The third kappa shape index (κ3) is 5.30. The van der Waals surface area contributed by atoms with Crippen molar-refractivity contribution in [3.05, 3.63) is 65.0 Å². The van der Waals surface area contributed by atoms with Gasteiger partial charge in [-0.15, -0.1) is 0 Å². The summed E-state index contributed by atoms with van der Waals surface area (Å²) in [5.41, 5.74) is 0.567. The number of amides is 2. The number of pyridine rings is 1. The Morgan fingerprint density at radius 3 is 2.63 bits per heavy atom. The predicted octanol–water partition coefficient (Wildman–Crippen LogP) is 4.32. The number of carbonyl (C=O) groups excluding carboxylic acids is 1. The number of nitrogens with one attached hydrogen (secondary N) is 1. The molecule has 2 heterocycles. The minimum Gasteiger partial charge on any atom is -0.467 e. The second kappa shape index (κ2) is 10.1. The Labute approximate surface area is 176 Å². The highest BCUT2D eigenvalue weighted by Crippen LogP contribution is 2.22. The summed E-state index contributed by atoms with van der Waals surface area (Å²) in [5.74, 6) is 1.01. The fourth-order valence-corrected chi connectivity index (χ4v) is 3.41. The molecule has 0 aliphatic heterocycles. The third-order valence-electron chi connectivity index (χ3n) is 4.79. The van der Waals surface area contributed by atoms with Gasteiger partial charge in [0.2, 0.25) is 0 Å². The molecule has 0 radical (unpaired) electrons. The van der Waals surface area contributed by atoms with Gasteiger partial charge < -0.3 is 23.9 Å². The number of hydrogen-bond donors (Lipinski definition) is 1. The zero-order valence-electron chi connectivity index (χ0n) is 17.8. The Balaban J connectivity index is 1.90. The lowest BCUT2D eigenvalue weighted by Crippen LogP contribution is -2.36. The molecule has 0 aliphatic rings. The molecule has 30 heavy (non-hydrogen) atoms. The zero-order chi connectivity index (χ0) is 21.5. The maximum absolute atomic E-state index is 13.1. The molecule has 0 fully saturated rings. The Bertz CT molecular complexity index is 1020. The molecule has 3 aromatic rings. The molecule has 0 unspecified atom stereocenters. The predicted molar refractivity (Wildman–Crippen MR) is 118 cm³/mol. The van der Waals surface area contributed by atoms with E-state index in [1.807, 2.05) is 24.3 Å². The van der Waals surface area contributed by atoms with Crippen LogP contribution in [-0.4, -0.2) is 35.8 Å². The van der Waals surface area contributed by atoms with Crippen molar-refractivity contribution in [2.24, 2.45) is 5.92 Å². The maximum atomic E-state index is 13.1. The number of hydrogen-bond acceptors (Lipinski definition) is 4. The van der Waals surface area contributed by atoms with E-state index in [4.69, 9.17) is 9.15 Å². The Morgan fingerprint density at radius 1 is 1.20 bits per heavy atom. The van der Waals surface area contributed by atoms with Crippen LogP contribution < -0.4 is 10.9 Å². The van der Waals surface area contributed by atoms with Crippen molar-refractivity contribution < 1.29 is 13.9 Å². The quantitative estimate of drug-likeness (QED) is 0.532. The van der Waals surface area contributed by atoms with Crippen molar-refractivity contribution in [3.8, 4) is 0 Å². The lowest BCUT2D eigenvalue weighted by atomic mass is 10.1. The number of aromatic nitrogens is 1. The first kappa shape index (κ1) is 21.6. The molecular weight excluding hydrogens is 382 g/mol. The summed E-state index contributed by atoms with van der Waals surface area (Å²) >= 11 is 0. The molecule has 0 aliphatic carbocycles. The summed E-state index contributed by atoms with van der Waals surface area (Å²) in [4.78, 5) is 27.7. The number of anilines is 1. The Kier molecular flexibility index (Phi) is 7.30. The molecule has 1 N–H and O–H groups in total. The number of benzene rings is 1. The summed E-state index contributed by atoms with van der Waals surface area (Å²) in [6, 6.07) is 10.7. The molecule has 0 atom stereocenters. The van der Waals surface area contributed by atoms with Crippen molar-refractivity contribution in [1.29, 1.82) is 0 Å². The van der Waals surface area contributed by atoms with Crippen molar-refractivity contribution in [3.63, 3.8) is 0 Å². The van der Waals surface area contributed by atoms with E-state index in [2.05, 4.69) is 19.2 Å². The number of rotatable bonds is 9. The van der Waals surface area contributed by atoms with Gasteiger partial charge in [0.05, 0.1) is 18.5 Å². The minimum absolute atomic E-state index is 0.0511. The van der Waals surface area contributed by atoms with Gasteiger partial charge in [-0.2, -0.15) is 0 Å². The molecule has 7 nitrogen and oxygen atoms in total. The second-order valence-electron chi connectivity index (χ2n) is 7.72. The van der Waals surface area contributed by atoms with Crippen LogP contribution in [0, 0.1) is 5.92 Å². The third-order valence-corrected chi connectivity index (χ3v) is 4.79. The monoisotopic (exact) mass is 411 g/mol. The average molecular weight is 412 g/mol. The van der Waals surface area contributed by atoms with Crippen LogP contribution in [0.4, 0.5) is 10.5 Å². The molecule has 7 heteroatoms. The first-order valence-electron chi connectivity index (χ1n) is 10.2. The average Bonchev–Trinajstić information content (AvgIpc) is 3.23. The molecule has 0 saturated carbocycles. The Morgan fingerprint density at radius 2 is 1.97 bits per heavy atom. The van der Waals surface area contributed by atoms with E-state index in [0.717, 1.165) is 5.39 Å². The maximum Gasteiger partial charge on any atom is 0.322 e. The van der Waals surface area contributed by atoms with Crippen LogP contribution in [0.3, 0.4) is 0 Å². The van der Waals surface area contributed by atoms with Gasteiger partial charge in [-0.05, 0) is 30.5 Å². The summed E-state index contributed by atoms with van der Waals surface area (Å²) in [6.45, 7) is 6.12. The topological polar surface area (TPSA) is 76.7 Å². The Hall–Kier alpha value is -3.06. The van der Waals surface area contributed by atoms with Gasteiger partial charge in [-0.1, -0.05) is 32.0 Å². The summed E-state index contributed by atoms with van der Waals surface area (Å²) in [6.07, 6.45) is 4.04. The van der Waals surface area contributed by atoms with Crippen LogP contribution in [0.15, 0.2) is 58.1 Å². The van der Waals surface area contributed by atoms with Gasteiger partial charge in [-0.25, -0.2) is 4.79 Å². The summed E-state index contributed by atoms with van der Waals surface area (Å²) in [5, 5.41) is 4.33. The molecule has 1 aromatic carbocycles. The molecule has 2 amide bonds. The smallest absolute Gasteiger partial charge is 0.322 e. The molecule has 0 saturated heterocycles. The molecule has 0 spiro atoms. The number of nitrogens with zero attached hydrogens (tertiary/aromatic N) is 2. The lowest BCUT2D eigenvalue weighted by Gasteiger charge is -2.23. The highest BCUT2D eigenvalue weighted by Gasteiger charge is 2.18. The fraction of sp³-hybridized carbons (Fsp3) is 0.391. The number of fused-ring (bicyclic) bond motifs is 1. The normalized spacial score (nSPS) is 11.2. The van der Waals surface area contributed by atoms with E-state index >= 15 is 0 Å². The van der Waals surface area contributed by atoms with Crippen molar-refractivity contribution in [2.75, 3.05) is 25.6 Å². The van der Waals surface area contributed by atoms with E-state index in [1.165, 1.54) is 0 Å². The van der Waals surface area contributed by atoms with Crippen LogP contribution in [0.25, 0.3) is 10.8 Å². The first-order chi connectivity index (χ1) is 14.5. The van der Waals surface area contributed by atoms with Crippen LogP contribution in [0.5, 0.6) is 0 Å². The van der Waals surface area contributed by atoms with Gasteiger partial charge in [0, 0.05) is 43.8 Å². The van der Waals surface area contributed by atoms with Crippen LogP contribution in [0.1, 0.15) is 26.0 Å². The fourth-order valence-electron chi connectivity index (χ4n) is 3.41. The standard InChI is InChI=1S/C23H29N3O4/c1-17(2)14-26-16-21(19-9-4-5-10-20(19)22(26)27)24-23(28)25(11-7-12-29-3)15-18-8-6-13-30-18/h4-6,8-10,13,16-17H,7,11-12,14-15H2,1-3H3,(H,24,28). The van der Waals surface area contributed by atoms with Crippen molar-refractivity contribution >= 4 is 22.5 Å². The molecule has 3 rings (SSSR count). The zero-order valence-corrected chi connectivity index (χ0v) is 17.8. The molecule has 0 bridgehead atoms. The number of methoxy groups -OCH3 is 1. The van der Waals surface area contributed by atoms with E-state index in [1.54, 1.807) is 41.2 Å². The highest BCUT2D eigenvalue weighted by atomic mass is 16.5.